The molecule has 0 spiro atoms. The molecular weight excluding hydrogens is 462 g/mol. The summed E-state index contributed by atoms with van der Waals surface area (Å²) in [6.45, 7) is 2.66. The summed E-state index contributed by atoms with van der Waals surface area (Å²) in [5.41, 5.74) is 3.74. The second kappa shape index (κ2) is 12.0. The van der Waals surface area contributed by atoms with Crippen LogP contribution in [0, 0.1) is 0 Å². The highest BCUT2D eigenvalue weighted by Crippen LogP contribution is 2.27. The lowest BCUT2D eigenvalue weighted by Crippen LogP contribution is -2.48. The Morgan fingerprint density at radius 2 is 1.78 bits per heavy atom. The maximum atomic E-state index is 13.8. The molecule has 182 valence electrons. The second-order valence-electron chi connectivity index (χ2n) is 10.0. The molecule has 2 fully saturated rings. The highest BCUT2D eigenvalue weighted by Gasteiger charge is 2.32. The number of hydrogen-bond acceptors (Lipinski definition) is 8. The van der Waals surface area contributed by atoms with E-state index < -0.39 is 18.0 Å². The van der Waals surface area contributed by atoms with Gasteiger partial charge in [0.2, 0.25) is 0 Å². The molecule has 4 rings (SSSR count). The Morgan fingerprint density at radius 1 is 1.08 bits per heavy atom. The number of aldehydes is 2. The largest absolute Gasteiger partial charge is 0.314 e. The van der Waals surface area contributed by atoms with Crippen LogP contribution in [0.1, 0.15) is 38.3 Å². The molecule has 2 aliphatic heterocycles. The molecule has 2 aliphatic rings. The van der Waals surface area contributed by atoms with E-state index in [1.54, 1.807) is 9.69 Å². The number of rotatable bonds is 12. The standard InChI is InChI=1S/C20H28B7N7O3/c1-2-26(27(23)24)13-32-16(9-25(22)12-21)17-18(28-32)20(37)34(33-8-4-6-15(33)11-36)30-19(17)29-31-7-3-5-14(31)10-35/h10-11,14-15H,2-9,12-13H2,1H3,(H,29,30)/t14-,15-/m0/s1. The molecule has 10 nitrogen and oxygen atoms in total. The number of nitrogens with one attached hydrogen (secondary N) is 1. The van der Waals surface area contributed by atoms with Gasteiger partial charge in [-0.2, -0.15) is 5.10 Å². The van der Waals surface area contributed by atoms with E-state index in [1.165, 1.54) is 4.79 Å². The minimum Gasteiger partial charge on any atom is -0.302 e. The van der Waals surface area contributed by atoms with E-state index in [-0.39, 0.29) is 31.0 Å². The van der Waals surface area contributed by atoms with Gasteiger partial charge in [0.25, 0.3) is 0 Å². The minimum atomic E-state index is -0.573. The third kappa shape index (κ3) is 5.61. The highest BCUT2D eigenvalue weighted by molar-refractivity contribution is 7.57. The molecule has 2 atom stereocenters. The Bertz CT molecular complexity index is 1180. The summed E-state index contributed by atoms with van der Waals surface area (Å²) in [6, 6.07) is -0.784. The first-order valence-electron chi connectivity index (χ1n) is 13.0. The summed E-state index contributed by atoms with van der Waals surface area (Å²) in [5.74, 6) is 0.371. The molecule has 2 aromatic heterocycles. The van der Waals surface area contributed by atoms with Crippen molar-refractivity contribution in [2.24, 2.45) is 0 Å². The molecule has 0 bridgehead atoms. The number of carbonyl (C=O) groups excluding carboxylic acids is 2. The predicted octanol–water partition coefficient (Wildman–Crippen LogP) is -1.79. The number of hydrazine groups is 1. The van der Waals surface area contributed by atoms with E-state index in [9.17, 15) is 14.4 Å². The first kappa shape index (κ1) is 27.7. The Labute approximate surface area is 223 Å². The fourth-order valence-electron chi connectivity index (χ4n) is 5.23. The van der Waals surface area contributed by atoms with E-state index in [1.807, 2.05) is 11.9 Å². The number of hydrogen-bond donors (Lipinski definition) is 1. The summed E-state index contributed by atoms with van der Waals surface area (Å²) >= 11 is 0. The maximum absolute atomic E-state index is 13.8. The molecule has 0 saturated carbocycles. The normalized spacial score (nSPS) is 19.9. The highest BCUT2D eigenvalue weighted by atomic mass is 16.2. The summed E-state index contributed by atoms with van der Waals surface area (Å²) in [5, 5.41) is 13.4. The van der Waals surface area contributed by atoms with Crippen molar-refractivity contribution in [2.75, 3.05) is 23.5 Å². The van der Waals surface area contributed by atoms with Gasteiger partial charge in [-0.15, -0.1) is 16.1 Å². The lowest BCUT2D eigenvalue weighted by molar-refractivity contribution is -0.111. The molecule has 17 heteroatoms. The van der Waals surface area contributed by atoms with E-state index >= 15 is 0 Å². The Hall–Kier alpha value is -2.30. The molecule has 0 amide bonds. The molecule has 2 aromatic rings. The van der Waals surface area contributed by atoms with Crippen molar-refractivity contribution in [2.45, 2.75) is 70.0 Å². The molecule has 0 aromatic carbocycles. The van der Waals surface area contributed by atoms with Crippen LogP contribution < -0.4 is 16.0 Å². The van der Waals surface area contributed by atoms with E-state index in [0.717, 1.165) is 31.8 Å². The van der Waals surface area contributed by atoms with Crippen LogP contribution in [-0.4, -0.2) is 113 Å². The van der Waals surface area contributed by atoms with E-state index in [0.29, 0.717) is 55.5 Å². The fraction of sp³-hybridized carbons (Fsp3) is 0.650. The zero-order chi connectivity index (χ0) is 26.7. The van der Waals surface area contributed by atoms with Crippen LogP contribution in [-0.2, 0) is 22.4 Å². The van der Waals surface area contributed by atoms with Gasteiger partial charge in [0.05, 0.1) is 25.9 Å². The average molecular weight is 490 g/mol. The van der Waals surface area contributed by atoms with E-state index in [4.69, 9.17) is 36.2 Å². The number of nitrogens with zero attached hydrogens (tertiary/aromatic N) is 6. The van der Waals surface area contributed by atoms with Crippen LogP contribution >= 0.6 is 0 Å². The number of carbonyl (C=O) groups is 2. The average Bonchev–Trinajstić information content (AvgIpc) is 3.62. The molecule has 4 heterocycles. The summed E-state index contributed by atoms with van der Waals surface area (Å²) in [7, 11) is 24.2. The van der Waals surface area contributed by atoms with Crippen molar-refractivity contribution in [3.63, 3.8) is 0 Å². The van der Waals surface area contributed by atoms with E-state index in [2.05, 4.69) is 10.5 Å². The van der Waals surface area contributed by atoms with Gasteiger partial charge in [0, 0.05) is 54.8 Å². The van der Waals surface area contributed by atoms with Gasteiger partial charge < -0.3 is 15.0 Å². The van der Waals surface area contributed by atoms with Crippen molar-refractivity contribution in [1.29, 1.82) is 0 Å². The summed E-state index contributed by atoms with van der Waals surface area (Å²) in [6.07, 6.45) is 5.80. The molecule has 8 radical (unpaired) electrons. The number of anilines is 1. The van der Waals surface area contributed by atoms with Crippen molar-refractivity contribution in [3.05, 3.63) is 16.0 Å². The first-order chi connectivity index (χ1) is 17.8. The van der Waals surface area contributed by atoms with Crippen LogP contribution in [0.15, 0.2) is 4.79 Å². The maximum Gasteiger partial charge on any atom is 0.314 e. The third-order valence-corrected chi connectivity index (χ3v) is 7.48. The molecule has 2 saturated heterocycles. The molecule has 1 N–H and O–H groups in total. The fourth-order valence-corrected chi connectivity index (χ4v) is 5.23. The zero-order valence-electron chi connectivity index (χ0n) is 21.3. The Kier molecular flexibility index (Phi) is 9.03. The van der Waals surface area contributed by atoms with Crippen molar-refractivity contribution in [3.8, 4) is 0 Å². The number of fused-ring (bicyclic) bond motifs is 1. The molecule has 0 aliphatic carbocycles. The predicted molar refractivity (Wildman–Crippen MR) is 153 cm³/mol. The second-order valence-corrected chi connectivity index (χ2v) is 10.0. The van der Waals surface area contributed by atoms with Crippen LogP contribution in [0.2, 0.25) is 12.5 Å². The summed E-state index contributed by atoms with van der Waals surface area (Å²) in [4.78, 5) is 38.4. The van der Waals surface area contributed by atoms with Crippen LogP contribution in [0.4, 0.5) is 5.82 Å². The van der Waals surface area contributed by atoms with Gasteiger partial charge in [-0.1, -0.05) is 13.2 Å². The third-order valence-electron chi connectivity index (χ3n) is 7.48. The molecule has 0 unspecified atom stereocenters. The molecule has 37 heavy (non-hydrogen) atoms. The van der Waals surface area contributed by atoms with Gasteiger partial charge >= 0.3 is 5.56 Å². The van der Waals surface area contributed by atoms with Crippen LogP contribution in [0.5, 0.6) is 0 Å². The van der Waals surface area contributed by atoms with Gasteiger partial charge in [0.15, 0.2) is 11.3 Å². The Morgan fingerprint density at radius 3 is 2.43 bits per heavy atom. The first-order valence-corrected chi connectivity index (χ1v) is 13.0. The van der Waals surface area contributed by atoms with Gasteiger partial charge in [-0.05, 0) is 32.0 Å². The van der Waals surface area contributed by atoms with Gasteiger partial charge in [-0.3, -0.25) is 14.5 Å². The topological polar surface area (TPSA) is 105 Å². The lowest BCUT2D eigenvalue weighted by Gasteiger charge is -2.26. The van der Waals surface area contributed by atoms with Gasteiger partial charge in [0.1, 0.15) is 25.2 Å². The van der Waals surface area contributed by atoms with Gasteiger partial charge in [-0.25, -0.2) is 5.01 Å². The minimum absolute atomic E-state index is 0.0928. The number of aromatic nitrogens is 4. The van der Waals surface area contributed by atoms with Crippen LogP contribution in [0.3, 0.4) is 0 Å². The monoisotopic (exact) mass is 491 g/mol. The quantitative estimate of drug-likeness (QED) is 0.275. The van der Waals surface area contributed by atoms with Crippen molar-refractivity contribution < 1.29 is 9.59 Å². The van der Waals surface area contributed by atoms with Crippen molar-refractivity contribution in [1.82, 2.24) is 24.7 Å². The Balaban J connectivity index is 1.93. The SMILES string of the molecule is [B]CB([B])Cc1c2c(NN3CCC[C@H]3C=O)nn(N3CCC[C@H]3C=O)c(=O)c2nn1CB(CC)B([B])[B]. The summed E-state index contributed by atoms with van der Waals surface area (Å²) < 4.78 is 1.74. The zero-order valence-corrected chi connectivity index (χ0v) is 21.3. The lowest BCUT2D eigenvalue weighted by atomic mass is 8.92. The molecular formula is C20H28B7N7O3. The van der Waals surface area contributed by atoms with Crippen molar-refractivity contribution >= 4 is 79.9 Å². The van der Waals surface area contributed by atoms with Crippen LogP contribution in [0.25, 0.3) is 10.9 Å². The smallest absolute Gasteiger partial charge is 0.302 e.